The predicted octanol–water partition coefficient (Wildman–Crippen LogP) is 13.2. The second-order valence-electron chi connectivity index (χ2n) is 13.3. The van der Waals surface area contributed by atoms with E-state index in [9.17, 15) is 0 Å². The zero-order valence-corrected chi connectivity index (χ0v) is 28.9. The van der Waals surface area contributed by atoms with Crippen LogP contribution in [0.1, 0.15) is 30.4 Å². The van der Waals surface area contributed by atoms with Crippen LogP contribution in [-0.2, 0) is 0 Å². The smallest absolute Gasteiger partial charge is 0.235 e. The number of rotatable bonds is 3. The second-order valence-corrected chi connectivity index (χ2v) is 15.4. The molecule has 0 fully saturated rings. The van der Waals surface area contributed by atoms with Gasteiger partial charge in [0.05, 0.1) is 26.9 Å². The fraction of sp³-hybridized carbons (Fsp3) is 0.0667. The van der Waals surface area contributed by atoms with Crippen molar-refractivity contribution in [2.75, 3.05) is 0 Å². The summed E-state index contributed by atoms with van der Waals surface area (Å²) in [6.45, 7) is 2.37. The van der Waals surface area contributed by atoms with Crippen LogP contribution in [0.3, 0.4) is 0 Å². The van der Waals surface area contributed by atoms with Crippen molar-refractivity contribution in [3.05, 3.63) is 145 Å². The molecule has 3 nitrogen and oxygen atoms in total. The van der Waals surface area contributed by atoms with Crippen LogP contribution in [0.25, 0.3) is 96.7 Å². The Morgan fingerprint density at radius 2 is 1.30 bits per heavy atom. The van der Waals surface area contributed by atoms with Gasteiger partial charge in [-0.1, -0.05) is 122 Å². The molecule has 0 saturated carbocycles. The van der Waals surface area contributed by atoms with Gasteiger partial charge in [0, 0.05) is 46.6 Å². The fourth-order valence-electron chi connectivity index (χ4n) is 8.21. The van der Waals surface area contributed by atoms with Crippen LogP contribution in [0.2, 0.25) is 0 Å². The number of nitrogens with zero attached hydrogens (tertiary/aromatic N) is 3. The molecule has 0 bridgehead atoms. The molecule has 1 aliphatic carbocycles. The monoisotopic (exact) mass is 675 g/mol. The zero-order valence-electron chi connectivity index (χ0n) is 27.2. The van der Waals surface area contributed by atoms with Crippen LogP contribution in [-0.4, -0.2) is 14.5 Å². The number of benzene rings is 6. The lowest BCUT2D eigenvalue weighted by molar-refractivity contribution is 0.776. The summed E-state index contributed by atoms with van der Waals surface area (Å²) in [5.41, 5.74) is 10.5. The summed E-state index contributed by atoms with van der Waals surface area (Å²) in [6.07, 6.45) is 5.73. The summed E-state index contributed by atoms with van der Waals surface area (Å²) in [4.78, 5) is 11.1. The first-order valence-corrected chi connectivity index (χ1v) is 18.8. The number of hydrogen-bond donors (Lipinski definition) is 0. The van der Waals surface area contributed by atoms with Gasteiger partial charge in [0.2, 0.25) is 5.95 Å². The van der Waals surface area contributed by atoms with E-state index in [2.05, 4.69) is 151 Å². The van der Waals surface area contributed by atoms with Crippen molar-refractivity contribution in [2.24, 2.45) is 0 Å². The van der Waals surface area contributed by atoms with E-state index in [0.29, 0.717) is 5.92 Å². The molecule has 0 saturated heterocycles. The minimum Gasteiger partial charge on any atom is -0.278 e. The van der Waals surface area contributed by atoms with Gasteiger partial charge in [0.15, 0.2) is 0 Å². The van der Waals surface area contributed by atoms with Gasteiger partial charge in [-0.3, -0.25) is 4.57 Å². The van der Waals surface area contributed by atoms with E-state index in [1.807, 2.05) is 11.3 Å². The Labute approximate surface area is 296 Å². The predicted molar refractivity (Wildman–Crippen MR) is 215 cm³/mol. The number of thiophene rings is 2. The Morgan fingerprint density at radius 1 is 0.620 bits per heavy atom. The molecule has 5 heteroatoms. The second kappa shape index (κ2) is 10.7. The molecule has 0 N–H and O–H groups in total. The highest BCUT2D eigenvalue weighted by Crippen LogP contribution is 2.51. The van der Waals surface area contributed by atoms with Crippen LogP contribution in [0.4, 0.5) is 0 Å². The number of allylic oxidation sites excluding steroid dienone is 1. The Bertz CT molecular complexity index is 3030. The van der Waals surface area contributed by atoms with Gasteiger partial charge in [-0.05, 0) is 58.9 Å². The lowest BCUT2D eigenvalue weighted by Gasteiger charge is -2.22. The van der Waals surface area contributed by atoms with Crippen LogP contribution < -0.4 is 0 Å². The molecular formula is C45H29N3S2. The summed E-state index contributed by atoms with van der Waals surface area (Å²) in [7, 11) is 0. The van der Waals surface area contributed by atoms with Crippen LogP contribution in [0.5, 0.6) is 0 Å². The van der Waals surface area contributed by atoms with E-state index in [-0.39, 0.29) is 0 Å². The SMILES string of the molecule is CC1CC=Cc2c1c1c(c3ccccc3n1-c1nc(-c3cccc(-c4ccccc4)c3)c3sc4ccccc4c3n1)c1c2sc2ccccc21. The number of para-hydroxylation sites is 1. The maximum absolute atomic E-state index is 5.59. The summed E-state index contributed by atoms with van der Waals surface area (Å²) < 4.78 is 7.42. The average Bonchev–Trinajstić information content (AvgIpc) is 3.85. The third-order valence-corrected chi connectivity index (χ3v) is 12.8. The highest BCUT2D eigenvalue weighted by Gasteiger charge is 2.29. The van der Waals surface area contributed by atoms with Crippen molar-refractivity contribution in [1.82, 2.24) is 14.5 Å². The van der Waals surface area contributed by atoms with Gasteiger partial charge in [0.25, 0.3) is 0 Å². The average molecular weight is 676 g/mol. The van der Waals surface area contributed by atoms with Crippen molar-refractivity contribution >= 4 is 91.0 Å². The van der Waals surface area contributed by atoms with E-state index in [4.69, 9.17) is 9.97 Å². The lowest BCUT2D eigenvalue weighted by atomic mass is 9.85. The summed E-state index contributed by atoms with van der Waals surface area (Å²) in [5, 5.41) is 6.37. The maximum Gasteiger partial charge on any atom is 0.235 e. The summed E-state index contributed by atoms with van der Waals surface area (Å²) >= 11 is 3.70. The normalized spacial score (nSPS) is 14.5. The molecule has 236 valence electrons. The first-order valence-electron chi connectivity index (χ1n) is 17.2. The Hall–Kier alpha value is -5.62. The Kier molecular flexibility index (Phi) is 6.04. The minimum atomic E-state index is 0.350. The standard InChI is InChI=1S/C45H29N3S2/c1-26-13-11-21-33-37(26)42-38(39-31-19-6-9-23-35(31)49-43(33)39)30-18-5-8-22-34(30)48(42)45-46-40(44-41(47-45)32-20-7-10-24-36(32)50-44)29-17-12-16-28(25-29)27-14-3-2-4-15-27/h2-12,14-26H,13H2,1H3. The number of hydrogen-bond acceptors (Lipinski definition) is 4. The van der Waals surface area contributed by atoms with Crippen molar-refractivity contribution < 1.29 is 0 Å². The molecule has 0 spiro atoms. The molecule has 0 amide bonds. The third-order valence-electron chi connectivity index (χ3n) is 10.4. The van der Waals surface area contributed by atoms with E-state index in [0.717, 1.165) is 39.4 Å². The molecule has 6 aromatic carbocycles. The molecule has 10 aromatic rings. The van der Waals surface area contributed by atoms with Gasteiger partial charge >= 0.3 is 0 Å². The maximum atomic E-state index is 5.59. The van der Waals surface area contributed by atoms with E-state index < -0.39 is 0 Å². The first-order chi connectivity index (χ1) is 24.7. The number of fused-ring (bicyclic) bond motifs is 13. The van der Waals surface area contributed by atoms with Crippen molar-refractivity contribution in [2.45, 2.75) is 19.3 Å². The molecule has 4 heterocycles. The summed E-state index contributed by atoms with van der Waals surface area (Å²) in [6, 6.07) is 45.8. The molecule has 0 radical (unpaired) electrons. The van der Waals surface area contributed by atoms with Gasteiger partial charge in [-0.15, -0.1) is 22.7 Å². The van der Waals surface area contributed by atoms with Gasteiger partial charge in [0.1, 0.15) is 0 Å². The van der Waals surface area contributed by atoms with E-state index in [1.54, 1.807) is 11.3 Å². The van der Waals surface area contributed by atoms with E-state index >= 15 is 0 Å². The molecule has 4 aromatic heterocycles. The first kappa shape index (κ1) is 28.2. The molecule has 50 heavy (non-hydrogen) atoms. The van der Waals surface area contributed by atoms with Gasteiger partial charge in [-0.25, -0.2) is 9.97 Å². The van der Waals surface area contributed by atoms with Crippen molar-refractivity contribution in [1.29, 1.82) is 0 Å². The highest BCUT2D eigenvalue weighted by molar-refractivity contribution is 7.26. The number of aromatic nitrogens is 3. The third kappa shape index (κ3) is 3.96. The zero-order chi connectivity index (χ0) is 32.9. The van der Waals surface area contributed by atoms with Crippen LogP contribution >= 0.6 is 22.7 Å². The van der Waals surface area contributed by atoms with Gasteiger partial charge < -0.3 is 0 Å². The van der Waals surface area contributed by atoms with Crippen molar-refractivity contribution in [3.63, 3.8) is 0 Å². The molecule has 0 aliphatic heterocycles. The largest absolute Gasteiger partial charge is 0.278 e. The van der Waals surface area contributed by atoms with E-state index in [1.165, 1.54) is 68.8 Å². The molecule has 1 unspecified atom stereocenters. The molecule has 1 aliphatic rings. The minimum absolute atomic E-state index is 0.350. The fourth-order valence-corrected chi connectivity index (χ4v) is 10.6. The topological polar surface area (TPSA) is 30.7 Å². The van der Waals surface area contributed by atoms with Gasteiger partial charge in [-0.2, -0.15) is 0 Å². The summed E-state index contributed by atoms with van der Waals surface area (Å²) in [5.74, 6) is 1.07. The highest BCUT2D eigenvalue weighted by atomic mass is 32.1. The molecule has 1 atom stereocenters. The van der Waals surface area contributed by atoms with Crippen LogP contribution in [0, 0.1) is 0 Å². The molecular weight excluding hydrogens is 647 g/mol. The lowest BCUT2D eigenvalue weighted by Crippen LogP contribution is -2.08. The Morgan fingerprint density at radius 3 is 2.16 bits per heavy atom. The molecule has 11 rings (SSSR count). The van der Waals surface area contributed by atoms with Crippen molar-refractivity contribution in [3.8, 4) is 28.3 Å². The Balaban J connectivity index is 1.31. The van der Waals surface area contributed by atoms with Crippen LogP contribution in [0.15, 0.2) is 133 Å². The quantitative estimate of drug-likeness (QED) is 0.187.